The first-order valence-electron chi connectivity index (χ1n) is 4.30. The van der Waals surface area contributed by atoms with Gasteiger partial charge in [-0.3, -0.25) is 0 Å². The molecule has 96 valence electrons. The molecule has 0 aromatic heterocycles. The van der Waals surface area contributed by atoms with Gasteiger partial charge in [-0.15, -0.1) is 13.2 Å². The Morgan fingerprint density at radius 1 is 1.06 bits per heavy atom. The Bertz CT molecular complexity index is 397. The number of nitrogens with two attached hydrogens (primary N) is 1. The number of benzene rings is 1. The second kappa shape index (κ2) is 4.44. The molecule has 0 atom stereocenters. The van der Waals surface area contributed by atoms with Gasteiger partial charge in [-0.1, -0.05) is 12.1 Å². The highest BCUT2D eigenvalue weighted by Crippen LogP contribution is 2.40. The van der Waals surface area contributed by atoms with Gasteiger partial charge in [0.05, 0.1) is 5.56 Å². The maximum Gasteiger partial charge on any atom is 0.573 e. The highest BCUT2D eigenvalue weighted by Gasteiger charge is 2.40. The summed E-state index contributed by atoms with van der Waals surface area (Å²) >= 11 is 0. The van der Waals surface area contributed by atoms with Crippen molar-refractivity contribution >= 4 is 0 Å². The summed E-state index contributed by atoms with van der Waals surface area (Å²) in [6, 6.07) is 2.50. The van der Waals surface area contributed by atoms with Crippen LogP contribution in [0.1, 0.15) is 11.1 Å². The molecule has 2 N–H and O–H groups in total. The Kier molecular flexibility index (Phi) is 3.56. The van der Waals surface area contributed by atoms with Crippen molar-refractivity contribution in [3.8, 4) is 5.75 Å². The number of ether oxygens (including phenoxy) is 1. The highest BCUT2D eigenvalue weighted by atomic mass is 19.4. The minimum absolute atomic E-state index is 0.364. The van der Waals surface area contributed by atoms with Crippen LogP contribution in [-0.4, -0.2) is 6.36 Å². The smallest absolute Gasteiger partial charge is 0.405 e. The fourth-order valence-corrected chi connectivity index (χ4v) is 1.21. The normalized spacial score (nSPS) is 12.6. The van der Waals surface area contributed by atoms with Crippen molar-refractivity contribution in [2.75, 3.05) is 0 Å². The summed E-state index contributed by atoms with van der Waals surface area (Å²) in [7, 11) is 0. The lowest BCUT2D eigenvalue weighted by atomic mass is 10.1. The van der Waals surface area contributed by atoms with E-state index in [1.165, 1.54) is 0 Å². The first-order chi connectivity index (χ1) is 7.65. The molecule has 0 fully saturated rings. The monoisotopic (exact) mass is 259 g/mol. The molecule has 0 spiro atoms. The predicted molar refractivity (Wildman–Crippen MR) is 46.0 cm³/mol. The molecule has 0 heterocycles. The second-order valence-electron chi connectivity index (χ2n) is 3.04. The minimum Gasteiger partial charge on any atom is -0.405 e. The fraction of sp³-hybridized carbons (Fsp3) is 0.333. The molecule has 2 nitrogen and oxygen atoms in total. The number of halogens is 6. The SMILES string of the molecule is NCc1cccc(C(F)(F)F)c1OC(F)(F)F. The number of hydrogen-bond donors (Lipinski definition) is 1. The molecule has 0 unspecified atom stereocenters. The fourth-order valence-electron chi connectivity index (χ4n) is 1.21. The van der Waals surface area contributed by atoms with Crippen LogP contribution >= 0.6 is 0 Å². The molecule has 0 saturated carbocycles. The Balaban J connectivity index is 3.31. The van der Waals surface area contributed by atoms with E-state index in [0.717, 1.165) is 12.1 Å². The van der Waals surface area contributed by atoms with E-state index >= 15 is 0 Å². The molecule has 8 heteroatoms. The van der Waals surface area contributed by atoms with Crippen molar-refractivity contribution < 1.29 is 31.1 Å². The Morgan fingerprint density at radius 3 is 2.06 bits per heavy atom. The number of para-hydroxylation sites is 1. The standard InChI is InChI=1S/C9H7F6NO/c10-8(11,12)6-3-1-2-5(4-16)7(6)17-9(13,14)15/h1-3H,4,16H2. The summed E-state index contributed by atoms with van der Waals surface area (Å²) in [6.07, 6.45) is -10.1. The van der Waals surface area contributed by atoms with E-state index in [4.69, 9.17) is 5.73 Å². The van der Waals surface area contributed by atoms with Crippen molar-refractivity contribution in [2.24, 2.45) is 5.73 Å². The van der Waals surface area contributed by atoms with Crippen LogP contribution in [-0.2, 0) is 12.7 Å². The van der Waals surface area contributed by atoms with Crippen LogP contribution in [0.5, 0.6) is 5.75 Å². The third kappa shape index (κ3) is 3.52. The molecule has 1 aromatic carbocycles. The third-order valence-electron chi connectivity index (χ3n) is 1.84. The lowest BCUT2D eigenvalue weighted by molar-refractivity contribution is -0.276. The average Bonchev–Trinajstić information content (AvgIpc) is 2.13. The van der Waals surface area contributed by atoms with Crippen molar-refractivity contribution in [3.63, 3.8) is 0 Å². The maximum atomic E-state index is 12.5. The number of alkyl halides is 6. The Labute approximate surface area is 92.0 Å². The zero-order chi connectivity index (χ0) is 13.3. The van der Waals surface area contributed by atoms with Gasteiger partial charge in [0.2, 0.25) is 0 Å². The van der Waals surface area contributed by atoms with Crippen LogP contribution in [0.4, 0.5) is 26.3 Å². The molecular weight excluding hydrogens is 252 g/mol. The third-order valence-corrected chi connectivity index (χ3v) is 1.84. The van der Waals surface area contributed by atoms with E-state index < -0.39 is 30.4 Å². The van der Waals surface area contributed by atoms with Gasteiger partial charge in [0.25, 0.3) is 0 Å². The quantitative estimate of drug-likeness (QED) is 0.828. The minimum atomic E-state index is -5.20. The van der Waals surface area contributed by atoms with Crippen LogP contribution in [0.15, 0.2) is 18.2 Å². The maximum absolute atomic E-state index is 12.5. The number of hydrogen-bond acceptors (Lipinski definition) is 2. The van der Waals surface area contributed by atoms with E-state index in [-0.39, 0.29) is 5.56 Å². The Hall–Kier alpha value is -1.44. The van der Waals surface area contributed by atoms with Crippen molar-refractivity contribution in [3.05, 3.63) is 29.3 Å². The second-order valence-corrected chi connectivity index (χ2v) is 3.04. The van der Waals surface area contributed by atoms with Crippen molar-refractivity contribution in [1.29, 1.82) is 0 Å². The van der Waals surface area contributed by atoms with Gasteiger partial charge >= 0.3 is 12.5 Å². The van der Waals surface area contributed by atoms with E-state index in [2.05, 4.69) is 4.74 Å². The molecule has 0 saturated heterocycles. The molecule has 0 bridgehead atoms. The molecule has 0 radical (unpaired) electrons. The highest BCUT2D eigenvalue weighted by molar-refractivity contribution is 5.43. The first-order valence-corrected chi connectivity index (χ1v) is 4.30. The summed E-state index contributed by atoms with van der Waals surface area (Å²) in [6.45, 7) is -0.491. The topological polar surface area (TPSA) is 35.2 Å². The van der Waals surface area contributed by atoms with Gasteiger partial charge in [0, 0.05) is 12.1 Å². The zero-order valence-corrected chi connectivity index (χ0v) is 8.19. The average molecular weight is 259 g/mol. The lowest BCUT2D eigenvalue weighted by Crippen LogP contribution is -2.22. The molecular formula is C9H7F6NO. The van der Waals surface area contributed by atoms with E-state index in [1.54, 1.807) is 0 Å². The van der Waals surface area contributed by atoms with Crippen LogP contribution in [0, 0.1) is 0 Å². The summed E-state index contributed by atoms with van der Waals surface area (Å²) < 4.78 is 76.7. The van der Waals surface area contributed by atoms with Gasteiger partial charge in [-0.25, -0.2) is 0 Å². The largest absolute Gasteiger partial charge is 0.573 e. The van der Waals surface area contributed by atoms with Crippen LogP contribution in [0.3, 0.4) is 0 Å². The van der Waals surface area contributed by atoms with Crippen LogP contribution in [0.2, 0.25) is 0 Å². The number of rotatable bonds is 2. The van der Waals surface area contributed by atoms with Crippen molar-refractivity contribution in [1.82, 2.24) is 0 Å². The van der Waals surface area contributed by atoms with E-state index in [0.29, 0.717) is 6.07 Å². The molecule has 0 aliphatic rings. The predicted octanol–water partition coefficient (Wildman–Crippen LogP) is 3.06. The van der Waals surface area contributed by atoms with Crippen LogP contribution in [0.25, 0.3) is 0 Å². The first kappa shape index (κ1) is 13.6. The van der Waals surface area contributed by atoms with Gasteiger partial charge in [-0.05, 0) is 6.07 Å². The van der Waals surface area contributed by atoms with Crippen LogP contribution < -0.4 is 10.5 Å². The molecule has 1 rings (SSSR count). The Morgan fingerprint density at radius 2 is 1.65 bits per heavy atom. The summed E-state index contributed by atoms with van der Waals surface area (Å²) in [5.74, 6) is -1.30. The molecule has 0 aliphatic heterocycles. The van der Waals surface area contributed by atoms with Gasteiger partial charge in [0.1, 0.15) is 5.75 Å². The van der Waals surface area contributed by atoms with Gasteiger partial charge in [0.15, 0.2) is 0 Å². The molecule has 0 amide bonds. The lowest BCUT2D eigenvalue weighted by Gasteiger charge is -2.17. The van der Waals surface area contributed by atoms with E-state index in [1.807, 2.05) is 0 Å². The molecule has 0 aliphatic carbocycles. The van der Waals surface area contributed by atoms with Gasteiger partial charge in [-0.2, -0.15) is 13.2 Å². The summed E-state index contributed by atoms with van der Waals surface area (Å²) in [5.41, 5.74) is 3.20. The summed E-state index contributed by atoms with van der Waals surface area (Å²) in [5, 5.41) is 0. The zero-order valence-electron chi connectivity index (χ0n) is 8.19. The summed E-state index contributed by atoms with van der Waals surface area (Å²) in [4.78, 5) is 0. The van der Waals surface area contributed by atoms with E-state index in [9.17, 15) is 26.3 Å². The molecule has 17 heavy (non-hydrogen) atoms. The van der Waals surface area contributed by atoms with Gasteiger partial charge < -0.3 is 10.5 Å². The molecule has 1 aromatic rings. The van der Waals surface area contributed by atoms with Crippen molar-refractivity contribution in [2.45, 2.75) is 19.1 Å².